The zero-order valence-corrected chi connectivity index (χ0v) is 9.89. The van der Waals surface area contributed by atoms with Gasteiger partial charge in [0.15, 0.2) is 0 Å². The first-order chi connectivity index (χ1) is 8.36. The van der Waals surface area contributed by atoms with Gasteiger partial charge in [-0.1, -0.05) is 0 Å². The number of hydrogen-bond acceptors (Lipinski definition) is 3. The molecule has 1 saturated heterocycles. The number of hydrogen-bond donors (Lipinski definition) is 1. The second-order valence-electron chi connectivity index (χ2n) is 4.62. The van der Waals surface area contributed by atoms with Crippen LogP contribution in [0.15, 0.2) is 30.5 Å². The SMILES string of the molecule is NCc1cnc2ccc(N3CCCC3)cc2c1. The molecule has 1 aliphatic heterocycles. The molecular weight excluding hydrogens is 210 g/mol. The highest BCUT2D eigenvalue weighted by atomic mass is 15.1. The summed E-state index contributed by atoms with van der Waals surface area (Å²) in [6.07, 6.45) is 4.47. The second kappa shape index (κ2) is 4.34. The van der Waals surface area contributed by atoms with E-state index in [0.717, 1.165) is 11.1 Å². The van der Waals surface area contributed by atoms with Gasteiger partial charge in [0.2, 0.25) is 0 Å². The Morgan fingerprint density at radius 2 is 2.00 bits per heavy atom. The van der Waals surface area contributed by atoms with Gasteiger partial charge in [-0.05, 0) is 42.7 Å². The lowest BCUT2D eigenvalue weighted by atomic mass is 10.1. The highest BCUT2D eigenvalue weighted by Crippen LogP contribution is 2.24. The van der Waals surface area contributed by atoms with E-state index in [1.165, 1.54) is 37.0 Å². The summed E-state index contributed by atoms with van der Waals surface area (Å²) in [6.45, 7) is 2.90. The minimum atomic E-state index is 0.552. The van der Waals surface area contributed by atoms with E-state index in [1.807, 2.05) is 6.20 Å². The molecule has 0 bridgehead atoms. The molecule has 0 atom stereocenters. The molecule has 1 fully saturated rings. The first-order valence-corrected chi connectivity index (χ1v) is 6.20. The zero-order chi connectivity index (χ0) is 11.7. The summed E-state index contributed by atoms with van der Waals surface area (Å²) in [7, 11) is 0. The maximum atomic E-state index is 5.65. The topological polar surface area (TPSA) is 42.1 Å². The fourth-order valence-corrected chi connectivity index (χ4v) is 2.45. The third-order valence-electron chi connectivity index (χ3n) is 3.43. The van der Waals surface area contributed by atoms with Gasteiger partial charge in [0.05, 0.1) is 5.52 Å². The van der Waals surface area contributed by atoms with Gasteiger partial charge in [-0.25, -0.2) is 0 Å². The van der Waals surface area contributed by atoms with Gasteiger partial charge in [-0.2, -0.15) is 0 Å². The highest BCUT2D eigenvalue weighted by Gasteiger charge is 2.12. The molecule has 0 unspecified atom stereocenters. The van der Waals surface area contributed by atoms with Gasteiger partial charge in [-0.3, -0.25) is 4.98 Å². The van der Waals surface area contributed by atoms with Crippen molar-refractivity contribution in [1.29, 1.82) is 0 Å². The van der Waals surface area contributed by atoms with Gasteiger partial charge in [-0.15, -0.1) is 0 Å². The van der Waals surface area contributed by atoms with Crippen LogP contribution in [-0.2, 0) is 6.54 Å². The third-order valence-corrected chi connectivity index (χ3v) is 3.43. The summed E-state index contributed by atoms with van der Waals surface area (Å²) in [4.78, 5) is 6.86. The lowest BCUT2D eigenvalue weighted by Crippen LogP contribution is -2.17. The summed E-state index contributed by atoms with van der Waals surface area (Å²) in [5.41, 5.74) is 9.10. The quantitative estimate of drug-likeness (QED) is 0.856. The highest BCUT2D eigenvalue weighted by molar-refractivity contribution is 5.83. The van der Waals surface area contributed by atoms with Crippen molar-refractivity contribution >= 4 is 16.6 Å². The number of nitrogens with zero attached hydrogens (tertiary/aromatic N) is 2. The molecule has 3 rings (SSSR count). The molecule has 1 aromatic carbocycles. The minimum absolute atomic E-state index is 0.552. The molecule has 1 aliphatic rings. The predicted octanol–water partition coefficient (Wildman–Crippen LogP) is 2.29. The van der Waals surface area contributed by atoms with Gasteiger partial charge in [0.25, 0.3) is 0 Å². The number of nitrogens with two attached hydrogens (primary N) is 1. The molecule has 0 saturated carbocycles. The Bertz CT molecular complexity index is 530. The molecule has 2 aromatic rings. The van der Waals surface area contributed by atoms with E-state index in [1.54, 1.807) is 0 Å². The molecule has 3 nitrogen and oxygen atoms in total. The molecule has 2 heterocycles. The average Bonchev–Trinajstić information content (AvgIpc) is 2.91. The fourth-order valence-electron chi connectivity index (χ4n) is 2.45. The number of benzene rings is 1. The predicted molar refractivity (Wildman–Crippen MR) is 71.1 cm³/mol. The van der Waals surface area contributed by atoms with Gasteiger partial charge in [0.1, 0.15) is 0 Å². The van der Waals surface area contributed by atoms with Crippen LogP contribution in [0.4, 0.5) is 5.69 Å². The Morgan fingerprint density at radius 1 is 1.18 bits per heavy atom. The Kier molecular flexibility index (Phi) is 2.69. The van der Waals surface area contributed by atoms with Crippen molar-refractivity contribution in [3.63, 3.8) is 0 Å². The van der Waals surface area contributed by atoms with E-state index >= 15 is 0 Å². The van der Waals surface area contributed by atoms with Gasteiger partial charge in [0, 0.05) is 36.9 Å². The molecule has 17 heavy (non-hydrogen) atoms. The fraction of sp³-hybridized carbons (Fsp3) is 0.357. The van der Waals surface area contributed by atoms with Crippen LogP contribution in [0.1, 0.15) is 18.4 Å². The lowest BCUT2D eigenvalue weighted by Gasteiger charge is -2.17. The monoisotopic (exact) mass is 227 g/mol. The Balaban J connectivity index is 2.03. The van der Waals surface area contributed by atoms with E-state index in [-0.39, 0.29) is 0 Å². The number of rotatable bonds is 2. The average molecular weight is 227 g/mol. The van der Waals surface area contributed by atoms with E-state index in [4.69, 9.17) is 5.73 Å². The molecule has 0 radical (unpaired) electrons. The smallest absolute Gasteiger partial charge is 0.0703 e. The normalized spacial score (nSPS) is 15.7. The van der Waals surface area contributed by atoms with Gasteiger partial charge < -0.3 is 10.6 Å². The van der Waals surface area contributed by atoms with Crippen molar-refractivity contribution in [2.45, 2.75) is 19.4 Å². The van der Waals surface area contributed by atoms with Crippen molar-refractivity contribution in [3.05, 3.63) is 36.0 Å². The van der Waals surface area contributed by atoms with E-state index < -0.39 is 0 Å². The van der Waals surface area contributed by atoms with Crippen LogP contribution >= 0.6 is 0 Å². The zero-order valence-electron chi connectivity index (χ0n) is 9.89. The van der Waals surface area contributed by atoms with E-state index in [9.17, 15) is 0 Å². The van der Waals surface area contributed by atoms with Gasteiger partial charge >= 0.3 is 0 Å². The number of aromatic nitrogens is 1. The maximum absolute atomic E-state index is 5.65. The first kappa shape index (κ1) is 10.5. The summed E-state index contributed by atoms with van der Waals surface area (Å²) >= 11 is 0. The molecule has 0 aliphatic carbocycles. The lowest BCUT2D eigenvalue weighted by molar-refractivity contribution is 0.949. The summed E-state index contributed by atoms with van der Waals surface area (Å²) < 4.78 is 0. The largest absolute Gasteiger partial charge is 0.372 e. The minimum Gasteiger partial charge on any atom is -0.372 e. The van der Waals surface area contributed by atoms with Crippen molar-refractivity contribution in [3.8, 4) is 0 Å². The van der Waals surface area contributed by atoms with Crippen molar-refractivity contribution in [1.82, 2.24) is 4.98 Å². The summed E-state index contributed by atoms with van der Waals surface area (Å²) in [5, 5.41) is 1.19. The second-order valence-corrected chi connectivity index (χ2v) is 4.62. The molecule has 88 valence electrons. The number of anilines is 1. The van der Waals surface area contributed by atoms with Crippen LogP contribution in [0.25, 0.3) is 10.9 Å². The van der Waals surface area contributed by atoms with Crippen LogP contribution in [0.3, 0.4) is 0 Å². The van der Waals surface area contributed by atoms with E-state index in [0.29, 0.717) is 6.54 Å². The molecular formula is C14H17N3. The van der Waals surface area contributed by atoms with E-state index in [2.05, 4.69) is 34.1 Å². The van der Waals surface area contributed by atoms with Crippen LogP contribution < -0.4 is 10.6 Å². The Labute approximate surface area is 101 Å². The van der Waals surface area contributed by atoms with Crippen LogP contribution in [0.2, 0.25) is 0 Å². The maximum Gasteiger partial charge on any atom is 0.0703 e. The number of pyridine rings is 1. The van der Waals surface area contributed by atoms with Crippen LogP contribution in [-0.4, -0.2) is 18.1 Å². The molecule has 0 amide bonds. The van der Waals surface area contributed by atoms with Crippen LogP contribution in [0.5, 0.6) is 0 Å². The Hall–Kier alpha value is -1.61. The summed E-state index contributed by atoms with van der Waals surface area (Å²) in [6, 6.07) is 8.64. The first-order valence-electron chi connectivity index (χ1n) is 6.20. The molecule has 3 heteroatoms. The third kappa shape index (κ3) is 1.98. The molecule has 1 aromatic heterocycles. The van der Waals surface area contributed by atoms with Crippen molar-refractivity contribution in [2.24, 2.45) is 5.73 Å². The molecule has 0 spiro atoms. The van der Waals surface area contributed by atoms with Crippen molar-refractivity contribution in [2.75, 3.05) is 18.0 Å². The standard InChI is InChI=1S/C14H17N3/c15-9-11-7-12-8-13(17-5-1-2-6-17)3-4-14(12)16-10-11/h3-4,7-8,10H,1-2,5-6,9,15H2. The Morgan fingerprint density at radius 3 is 2.76 bits per heavy atom. The van der Waals surface area contributed by atoms with Crippen LogP contribution in [0, 0.1) is 0 Å². The molecule has 2 N–H and O–H groups in total. The number of fused-ring (bicyclic) bond motifs is 1. The van der Waals surface area contributed by atoms with Crippen molar-refractivity contribution < 1.29 is 0 Å². The summed E-state index contributed by atoms with van der Waals surface area (Å²) in [5.74, 6) is 0.